The van der Waals surface area contributed by atoms with Crippen LogP contribution in [0.4, 0.5) is 0 Å². The Balaban J connectivity index is 2.49. The smallest absolute Gasteiger partial charge is 0.123 e. The molecule has 3 rings (SSSR count). The van der Waals surface area contributed by atoms with Gasteiger partial charge in [-0.2, -0.15) is 0 Å². The van der Waals surface area contributed by atoms with Crippen LogP contribution in [-0.4, -0.2) is 10.2 Å². The zero-order valence-corrected chi connectivity index (χ0v) is 8.51. The van der Waals surface area contributed by atoms with E-state index in [2.05, 4.69) is 0 Å². The zero-order chi connectivity index (χ0) is 11.1. The van der Waals surface area contributed by atoms with Crippen LogP contribution in [0.1, 0.15) is 0 Å². The average Bonchev–Trinajstić information content (AvgIpc) is 2.27. The summed E-state index contributed by atoms with van der Waals surface area (Å²) in [6, 6.07) is 14.5. The highest BCUT2D eigenvalue weighted by Crippen LogP contribution is 2.30. The number of phenolic OH excluding ortho intramolecular Hbond substituents is 2. The summed E-state index contributed by atoms with van der Waals surface area (Å²) in [5.74, 6) is 0.541. The first-order valence-corrected chi connectivity index (χ1v) is 5.08. The first kappa shape index (κ1) is 9.04. The second kappa shape index (κ2) is 3.14. The topological polar surface area (TPSA) is 40.5 Å². The van der Waals surface area contributed by atoms with Crippen molar-refractivity contribution in [2.45, 2.75) is 0 Å². The molecule has 78 valence electrons. The number of benzene rings is 3. The average molecular weight is 210 g/mol. The fourth-order valence-electron chi connectivity index (χ4n) is 2.00. The second-order valence-electron chi connectivity index (χ2n) is 3.88. The van der Waals surface area contributed by atoms with Gasteiger partial charge in [0.05, 0.1) is 0 Å². The summed E-state index contributed by atoms with van der Waals surface area (Å²) in [5, 5.41) is 22.9. The van der Waals surface area contributed by atoms with E-state index in [1.807, 2.05) is 30.3 Å². The van der Waals surface area contributed by atoms with E-state index in [4.69, 9.17) is 0 Å². The number of rotatable bonds is 0. The zero-order valence-electron chi connectivity index (χ0n) is 8.51. The lowest BCUT2D eigenvalue weighted by atomic mass is 10.0. The summed E-state index contributed by atoms with van der Waals surface area (Å²) >= 11 is 0. The van der Waals surface area contributed by atoms with Crippen molar-refractivity contribution in [2.24, 2.45) is 0 Å². The van der Waals surface area contributed by atoms with Gasteiger partial charge in [-0.1, -0.05) is 18.2 Å². The van der Waals surface area contributed by atoms with Crippen molar-refractivity contribution in [3.05, 3.63) is 48.5 Å². The van der Waals surface area contributed by atoms with Crippen LogP contribution in [0, 0.1) is 0 Å². The molecule has 0 heterocycles. The maximum absolute atomic E-state index is 9.74. The van der Waals surface area contributed by atoms with Gasteiger partial charge in [-0.25, -0.2) is 0 Å². The summed E-state index contributed by atoms with van der Waals surface area (Å²) in [6.45, 7) is 0. The van der Waals surface area contributed by atoms with Gasteiger partial charge in [-0.05, 0) is 46.5 Å². The molecule has 0 unspecified atom stereocenters. The lowest BCUT2D eigenvalue weighted by Gasteiger charge is -2.04. The molecular formula is C14H10O2. The van der Waals surface area contributed by atoms with E-state index >= 15 is 0 Å². The Labute approximate surface area is 92.4 Å². The molecule has 0 saturated carbocycles. The van der Waals surface area contributed by atoms with Gasteiger partial charge in [0.2, 0.25) is 0 Å². The van der Waals surface area contributed by atoms with E-state index in [-0.39, 0.29) is 11.5 Å². The SMILES string of the molecule is Oc1ccc2cc3c(O)cccc3cc2c1. The van der Waals surface area contributed by atoms with Crippen molar-refractivity contribution in [2.75, 3.05) is 0 Å². The van der Waals surface area contributed by atoms with Crippen LogP contribution < -0.4 is 0 Å². The molecule has 0 aliphatic heterocycles. The third kappa shape index (κ3) is 1.27. The predicted molar refractivity (Wildman–Crippen MR) is 64.8 cm³/mol. The van der Waals surface area contributed by atoms with E-state index in [0.717, 1.165) is 21.5 Å². The van der Waals surface area contributed by atoms with Crippen molar-refractivity contribution in [3.8, 4) is 11.5 Å². The normalized spacial score (nSPS) is 11.0. The van der Waals surface area contributed by atoms with Crippen molar-refractivity contribution in [3.63, 3.8) is 0 Å². The third-order valence-corrected chi connectivity index (χ3v) is 2.80. The Hall–Kier alpha value is -2.22. The second-order valence-corrected chi connectivity index (χ2v) is 3.88. The highest BCUT2D eigenvalue weighted by molar-refractivity contribution is 6.01. The molecule has 0 amide bonds. The molecule has 0 atom stereocenters. The first-order chi connectivity index (χ1) is 7.74. The van der Waals surface area contributed by atoms with Crippen LogP contribution in [0.2, 0.25) is 0 Å². The molecule has 3 aromatic rings. The van der Waals surface area contributed by atoms with Gasteiger partial charge < -0.3 is 10.2 Å². The molecule has 0 saturated heterocycles. The fraction of sp³-hybridized carbons (Fsp3) is 0. The maximum atomic E-state index is 9.74. The Morgan fingerprint density at radius 1 is 0.688 bits per heavy atom. The molecule has 0 aromatic heterocycles. The third-order valence-electron chi connectivity index (χ3n) is 2.80. The molecule has 0 bridgehead atoms. The Bertz CT molecular complexity index is 686. The molecule has 0 spiro atoms. The summed E-state index contributed by atoms with van der Waals surface area (Å²) in [4.78, 5) is 0. The lowest BCUT2D eigenvalue weighted by molar-refractivity contribution is 0.476. The van der Waals surface area contributed by atoms with E-state index in [0.29, 0.717) is 0 Å². The number of hydrogen-bond donors (Lipinski definition) is 2. The van der Waals surface area contributed by atoms with Gasteiger partial charge in [0.1, 0.15) is 11.5 Å². The monoisotopic (exact) mass is 210 g/mol. The predicted octanol–water partition coefficient (Wildman–Crippen LogP) is 3.40. The van der Waals surface area contributed by atoms with Crippen molar-refractivity contribution < 1.29 is 10.2 Å². The minimum Gasteiger partial charge on any atom is -0.508 e. The molecule has 2 nitrogen and oxygen atoms in total. The van der Waals surface area contributed by atoms with Crippen LogP contribution in [-0.2, 0) is 0 Å². The summed E-state index contributed by atoms with van der Waals surface area (Å²) in [6.07, 6.45) is 0. The van der Waals surface area contributed by atoms with Crippen LogP contribution in [0.25, 0.3) is 21.5 Å². The molecule has 3 aromatic carbocycles. The Kier molecular flexibility index (Phi) is 1.77. The molecule has 16 heavy (non-hydrogen) atoms. The maximum Gasteiger partial charge on any atom is 0.123 e. The van der Waals surface area contributed by atoms with Crippen LogP contribution in [0.3, 0.4) is 0 Å². The van der Waals surface area contributed by atoms with E-state index in [1.54, 1.807) is 18.2 Å². The van der Waals surface area contributed by atoms with Crippen LogP contribution >= 0.6 is 0 Å². The Morgan fingerprint density at radius 3 is 2.44 bits per heavy atom. The number of phenols is 2. The quantitative estimate of drug-likeness (QED) is 0.558. The minimum absolute atomic E-state index is 0.256. The van der Waals surface area contributed by atoms with E-state index < -0.39 is 0 Å². The largest absolute Gasteiger partial charge is 0.508 e. The molecular weight excluding hydrogens is 200 g/mol. The molecule has 0 aliphatic rings. The highest BCUT2D eigenvalue weighted by Gasteiger charge is 2.02. The molecule has 0 fully saturated rings. The van der Waals surface area contributed by atoms with Gasteiger partial charge in [0.15, 0.2) is 0 Å². The van der Waals surface area contributed by atoms with Gasteiger partial charge in [0, 0.05) is 5.39 Å². The lowest BCUT2D eigenvalue weighted by Crippen LogP contribution is -1.77. The van der Waals surface area contributed by atoms with E-state index in [9.17, 15) is 10.2 Å². The van der Waals surface area contributed by atoms with Crippen molar-refractivity contribution >= 4 is 21.5 Å². The highest BCUT2D eigenvalue weighted by atomic mass is 16.3. The van der Waals surface area contributed by atoms with Crippen molar-refractivity contribution in [1.82, 2.24) is 0 Å². The molecule has 0 aliphatic carbocycles. The van der Waals surface area contributed by atoms with Crippen molar-refractivity contribution in [1.29, 1.82) is 0 Å². The van der Waals surface area contributed by atoms with E-state index in [1.165, 1.54) is 0 Å². The van der Waals surface area contributed by atoms with Crippen LogP contribution in [0.15, 0.2) is 48.5 Å². The number of fused-ring (bicyclic) bond motifs is 2. The van der Waals surface area contributed by atoms with Gasteiger partial charge in [-0.3, -0.25) is 0 Å². The molecule has 2 heteroatoms. The number of aromatic hydroxyl groups is 2. The van der Waals surface area contributed by atoms with Gasteiger partial charge >= 0.3 is 0 Å². The first-order valence-electron chi connectivity index (χ1n) is 5.08. The van der Waals surface area contributed by atoms with Gasteiger partial charge in [-0.15, -0.1) is 0 Å². The Morgan fingerprint density at radius 2 is 1.56 bits per heavy atom. The summed E-state index contributed by atoms with van der Waals surface area (Å²) in [7, 11) is 0. The minimum atomic E-state index is 0.256. The fourth-order valence-corrected chi connectivity index (χ4v) is 2.00. The standard InChI is InChI=1S/C14H10O2/c15-12-5-4-9-8-13-10(6-11(9)7-12)2-1-3-14(13)16/h1-8,15-16H. The van der Waals surface area contributed by atoms with Crippen LogP contribution in [0.5, 0.6) is 11.5 Å². The molecule has 2 N–H and O–H groups in total. The molecule has 0 radical (unpaired) electrons. The number of hydrogen-bond acceptors (Lipinski definition) is 2. The van der Waals surface area contributed by atoms with Gasteiger partial charge in [0.25, 0.3) is 0 Å². The summed E-state index contributed by atoms with van der Waals surface area (Å²) < 4.78 is 0. The summed E-state index contributed by atoms with van der Waals surface area (Å²) in [5.41, 5.74) is 0.